The minimum absolute atomic E-state index is 0.603. The lowest BCUT2D eigenvalue weighted by molar-refractivity contribution is 0.668. The Bertz CT molecular complexity index is 7140. The Morgan fingerprint density at radius 2 is 0.447 bits per heavy atom. The number of furan rings is 2. The Kier molecular flexibility index (Phi) is 16.1. The third kappa shape index (κ3) is 11.8. The highest BCUT2D eigenvalue weighted by Gasteiger charge is 2.23. The molecular weight excluding hydrogens is 1390 g/mol. The number of hydrogen-bond acceptors (Lipinski definition) is 7. The molecule has 0 N–H and O–H groups in total. The molecule has 114 heavy (non-hydrogen) atoms. The van der Waals surface area contributed by atoms with E-state index in [1.807, 2.05) is 109 Å². The number of fused-ring (bicyclic) bond motifs is 16. The van der Waals surface area contributed by atoms with Gasteiger partial charge in [0, 0.05) is 54.9 Å². The van der Waals surface area contributed by atoms with Crippen LogP contribution in [0, 0.1) is 13.1 Å². The van der Waals surface area contributed by atoms with Crippen molar-refractivity contribution in [3.63, 3.8) is 0 Å². The highest BCUT2D eigenvalue weighted by Crippen LogP contribution is 2.46. The quantitative estimate of drug-likeness (QED) is 0.0993. The molecule has 0 radical (unpaired) electrons. The lowest BCUT2D eigenvalue weighted by Gasteiger charge is -2.16. The summed E-state index contributed by atoms with van der Waals surface area (Å²) in [6.45, 7) is 15.0. The van der Waals surface area contributed by atoms with Gasteiger partial charge in [-0.05, 0) is 188 Å². The van der Waals surface area contributed by atoms with Crippen LogP contribution in [-0.2, 0) is 0 Å². The first-order valence-corrected chi connectivity index (χ1v) is 37.9. The van der Waals surface area contributed by atoms with Crippen LogP contribution in [-0.4, -0.2) is 24.9 Å². The van der Waals surface area contributed by atoms with Crippen LogP contribution >= 0.6 is 0 Å². The van der Waals surface area contributed by atoms with Crippen molar-refractivity contribution in [2.45, 2.75) is 0 Å². The molecule has 18 aromatic carbocycles. The smallest absolute Gasteiger partial charge is 0.188 e. The molecule has 22 rings (SSSR count). The highest BCUT2D eigenvalue weighted by atomic mass is 16.3. The second-order valence-electron chi connectivity index (χ2n) is 28.7. The maximum absolute atomic E-state index is 7.49. The fourth-order valence-electron chi connectivity index (χ4n) is 16.5. The average Bonchev–Trinajstić information content (AvgIpc) is 1.18. The SMILES string of the molecule is [C-]#[N+]c1ccc2oc3ccc(-c4ccc(-c5cc6c7ccccc7c(-c7nc(-c8ccccc8)cc(-c8ccccc8)n7)cc6c6ccccc56)cc4)cc3c2c1.[C-]#[N+]c1ccc2oc3ccc(-c4ccc(-c5cc6c7ccccc7c(-c7nc(-c8ccccc8)nc(-c8ccccc8)n7)cc6c6ccccc56)cc4)cc3c2c1. The van der Waals surface area contributed by atoms with E-state index in [9.17, 15) is 0 Å². The van der Waals surface area contributed by atoms with Gasteiger partial charge < -0.3 is 8.83 Å². The minimum Gasteiger partial charge on any atom is -0.456 e. The van der Waals surface area contributed by atoms with E-state index in [4.69, 9.17) is 46.9 Å². The van der Waals surface area contributed by atoms with Gasteiger partial charge >= 0.3 is 0 Å². The van der Waals surface area contributed by atoms with E-state index in [1.165, 1.54) is 38.1 Å². The first-order valence-electron chi connectivity index (χ1n) is 37.9. The molecule has 9 nitrogen and oxygen atoms in total. The molecule has 528 valence electrons. The lowest BCUT2D eigenvalue weighted by Crippen LogP contribution is -2.00. The fourth-order valence-corrected chi connectivity index (χ4v) is 16.5. The largest absolute Gasteiger partial charge is 0.456 e. The van der Waals surface area contributed by atoms with Crippen molar-refractivity contribution >= 4 is 120 Å². The van der Waals surface area contributed by atoms with Gasteiger partial charge in [0.15, 0.2) is 34.7 Å². The third-order valence-corrected chi connectivity index (χ3v) is 22.0. The van der Waals surface area contributed by atoms with Gasteiger partial charge in [-0.25, -0.2) is 34.6 Å². The summed E-state index contributed by atoms with van der Waals surface area (Å²) >= 11 is 0. The number of hydrogen-bond donors (Lipinski definition) is 0. The van der Waals surface area contributed by atoms with Gasteiger partial charge in [-0.15, -0.1) is 0 Å². The number of rotatable bonds is 10. The van der Waals surface area contributed by atoms with E-state index >= 15 is 0 Å². The van der Waals surface area contributed by atoms with Crippen LogP contribution < -0.4 is 0 Å². The van der Waals surface area contributed by atoms with Crippen molar-refractivity contribution in [2.75, 3.05) is 0 Å². The number of aromatic nitrogens is 5. The highest BCUT2D eigenvalue weighted by molar-refractivity contribution is 6.25. The van der Waals surface area contributed by atoms with Gasteiger partial charge in [0.25, 0.3) is 0 Å². The zero-order chi connectivity index (χ0) is 75.7. The summed E-state index contributed by atoms with van der Waals surface area (Å²) in [4.78, 5) is 33.0. The lowest BCUT2D eigenvalue weighted by atomic mass is 9.88. The predicted molar refractivity (Wildman–Crippen MR) is 468 cm³/mol. The van der Waals surface area contributed by atoms with Crippen molar-refractivity contribution in [1.29, 1.82) is 0 Å². The van der Waals surface area contributed by atoms with E-state index in [0.29, 0.717) is 34.7 Å². The fraction of sp³-hybridized carbons (Fsp3) is 0. The molecule has 0 atom stereocenters. The molecule has 22 aromatic rings. The molecule has 4 heterocycles. The van der Waals surface area contributed by atoms with Crippen molar-refractivity contribution in [3.8, 4) is 113 Å². The van der Waals surface area contributed by atoms with Gasteiger partial charge in [-0.2, -0.15) is 0 Å². The van der Waals surface area contributed by atoms with Gasteiger partial charge in [0.05, 0.1) is 24.5 Å². The van der Waals surface area contributed by atoms with Crippen molar-refractivity contribution in [2.24, 2.45) is 0 Å². The summed E-state index contributed by atoms with van der Waals surface area (Å²) in [7, 11) is 0. The summed E-state index contributed by atoms with van der Waals surface area (Å²) < 4.78 is 12.2. The Hall–Kier alpha value is -15.8. The van der Waals surface area contributed by atoms with E-state index in [0.717, 1.165) is 160 Å². The van der Waals surface area contributed by atoms with E-state index < -0.39 is 0 Å². The van der Waals surface area contributed by atoms with Gasteiger partial charge in [-0.1, -0.05) is 291 Å². The maximum atomic E-state index is 7.49. The van der Waals surface area contributed by atoms with Crippen molar-refractivity contribution in [3.05, 3.63) is 393 Å². The Morgan fingerprint density at radius 3 is 0.807 bits per heavy atom. The summed E-state index contributed by atoms with van der Waals surface area (Å²) in [5, 5.41) is 17.8. The number of benzene rings is 18. The first kappa shape index (κ1) is 66.4. The van der Waals surface area contributed by atoms with Gasteiger partial charge in [0.1, 0.15) is 22.3 Å². The molecule has 0 aliphatic carbocycles. The second kappa shape index (κ2) is 27.7. The predicted octanol–water partition coefficient (Wildman–Crippen LogP) is 28.8. The molecule has 4 aromatic heterocycles. The van der Waals surface area contributed by atoms with E-state index in [-0.39, 0.29) is 0 Å². The molecule has 0 saturated heterocycles. The molecule has 0 aliphatic heterocycles. The van der Waals surface area contributed by atoms with Crippen LogP contribution in [0.1, 0.15) is 0 Å². The Balaban J connectivity index is 0.000000143. The summed E-state index contributed by atoms with van der Waals surface area (Å²) in [6.07, 6.45) is 0. The monoisotopic (exact) mass is 1450 g/mol. The maximum Gasteiger partial charge on any atom is 0.188 e. The van der Waals surface area contributed by atoms with Crippen LogP contribution in [0.3, 0.4) is 0 Å². The molecule has 0 spiro atoms. The zero-order valence-electron chi connectivity index (χ0n) is 61.2. The first-order chi connectivity index (χ1) is 56.4. The van der Waals surface area contributed by atoms with Crippen LogP contribution in [0.15, 0.2) is 379 Å². The molecule has 0 saturated carbocycles. The molecule has 0 fully saturated rings. The Labute approximate surface area is 655 Å². The van der Waals surface area contributed by atoms with Crippen LogP contribution in [0.5, 0.6) is 0 Å². The second-order valence-corrected chi connectivity index (χ2v) is 28.7. The van der Waals surface area contributed by atoms with E-state index in [1.54, 1.807) is 12.1 Å². The normalized spacial score (nSPS) is 11.5. The standard InChI is InChI=1S/C53H31N3O.C52H30N4O/c1-54-38-25-27-52-47(29-38)46-28-37(24-26-51(46)57-52)33-20-22-34(23-21-33)43-30-44-41-18-10-11-19-42(41)48(31-45(44)40-17-9-8-16-39(40)43)53-55-49(35-12-4-2-5-13-35)32-50(56-53)36-14-6-3-7-15-36;1-53-37-25-27-49-46(29-37)45-28-36(24-26-48(45)57-49)32-20-22-33(23-21-32)42-30-43-40-18-10-11-19-41(40)47(31-44(43)39-17-9-8-16-38(39)42)52-55-50(34-12-4-2-5-13-34)54-51(56-52)35-14-6-3-7-15-35/h2-32H;2-31H. The van der Waals surface area contributed by atoms with Crippen molar-refractivity contribution in [1.82, 2.24) is 24.9 Å². The third-order valence-electron chi connectivity index (χ3n) is 22.0. The zero-order valence-corrected chi connectivity index (χ0v) is 61.2. The number of nitrogens with zero attached hydrogens (tertiary/aromatic N) is 7. The molecule has 0 bridgehead atoms. The molecule has 0 amide bonds. The van der Waals surface area contributed by atoms with Crippen LogP contribution in [0.2, 0.25) is 0 Å². The van der Waals surface area contributed by atoms with E-state index in [2.05, 4.69) is 258 Å². The topological polar surface area (TPSA) is 99.5 Å². The Morgan fingerprint density at radius 1 is 0.175 bits per heavy atom. The molecule has 0 aliphatic rings. The average molecular weight is 1450 g/mol. The summed E-state index contributed by atoms with van der Waals surface area (Å²) in [6, 6.07) is 128. The van der Waals surface area contributed by atoms with Crippen LogP contribution in [0.25, 0.3) is 231 Å². The molecule has 0 unspecified atom stereocenters. The van der Waals surface area contributed by atoms with Gasteiger partial charge in [0.2, 0.25) is 0 Å². The minimum atomic E-state index is 0.603. The van der Waals surface area contributed by atoms with Crippen LogP contribution in [0.4, 0.5) is 11.4 Å². The molecule has 9 heteroatoms. The summed E-state index contributed by atoms with van der Waals surface area (Å²) in [5.41, 5.74) is 21.2. The van der Waals surface area contributed by atoms with Gasteiger partial charge in [-0.3, -0.25) is 0 Å². The summed E-state index contributed by atoms with van der Waals surface area (Å²) in [5.74, 6) is 2.61. The molecular formula is C105H61N7O2. The van der Waals surface area contributed by atoms with Crippen molar-refractivity contribution < 1.29 is 8.83 Å².